The molecule has 0 aliphatic rings. The van der Waals surface area contributed by atoms with Crippen LogP contribution in [0.4, 0.5) is 11.6 Å². The predicted molar refractivity (Wildman–Crippen MR) is 87.4 cm³/mol. The Morgan fingerprint density at radius 1 is 1.19 bits per heavy atom. The number of nitrogens with one attached hydrogen (secondary N) is 2. The van der Waals surface area contributed by atoms with E-state index in [0.717, 1.165) is 37.6 Å². The summed E-state index contributed by atoms with van der Waals surface area (Å²) in [6.07, 6.45) is 2.37. The van der Waals surface area contributed by atoms with Crippen molar-refractivity contribution in [1.29, 1.82) is 0 Å². The fourth-order valence-corrected chi connectivity index (χ4v) is 1.71. The Kier molecular flexibility index (Phi) is 6.84. The van der Waals surface area contributed by atoms with Crippen molar-refractivity contribution < 1.29 is 4.74 Å². The molecule has 1 heterocycles. The highest BCUT2D eigenvalue weighted by molar-refractivity contribution is 5.47. The number of ether oxygens (including phenoxy) is 1. The topological polar surface area (TPSA) is 85.1 Å². The van der Waals surface area contributed by atoms with Crippen LogP contribution in [-0.4, -0.2) is 29.2 Å². The zero-order valence-electron chi connectivity index (χ0n) is 13.9. The van der Waals surface area contributed by atoms with Crippen LogP contribution in [0.5, 0.6) is 0 Å². The van der Waals surface area contributed by atoms with Gasteiger partial charge in [0.15, 0.2) is 0 Å². The van der Waals surface area contributed by atoms with Gasteiger partial charge in [-0.1, -0.05) is 20.8 Å². The van der Waals surface area contributed by atoms with Crippen LogP contribution in [0, 0.1) is 0 Å². The average Bonchev–Trinajstić information content (AvgIpc) is 2.41. The van der Waals surface area contributed by atoms with Crippen molar-refractivity contribution >= 4 is 11.6 Å². The molecule has 6 heteroatoms. The Morgan fingerprint density at radius 2 is 1.86 bits per heavy atom. The first-order chi connectivity index (χ1) is 9.82. The normalized spacial score (nSPS) is 11.8. The molecular weight excluding hydrogens is 266 g/mol. The summed E-state index contributed by atoms with van der Waals surface area (Å²) in [5.41, 5.74) is 2.48. The maximum atomic E-state index is 5.51. The van der Waals surface area contributed by atoms with Crippen molar-refractivity contribution in [1.82, 2.24) is 9.97 Å². The highest BCUT2D eigenvalue weighted by atomic mass is 16.5. The molecule has 0 radical (unpaired) electrons. The van der Waals surface area contributed by atoms with E-state index in [-0.39, 0.29) is 5.41 Å². The van der Waals surface area contributed by atoms with E-state index in [1.165, 1.54) is 0 Å². The molecular formula is C15H29N5O. The minimum absolute atomic E-state index is 0.117. The minimum Gasteiger partial charge on any atom is -0.379 e. The minimum atomic E-state index is -0.117. The van der Waals surface area contributed by atoms with E-state index in [1.54, 1.807) is 0 Å². The van der Waals surface area contributed by atoms with Crippen molar-refractivity contribution in [2.24, 2.45) is 5.84 Å². The molecule has 0 aromatic carbocycles. The van der Waals surface area contributed by atoms with E-state index in [9.17, 15) is 0 Å². The molecule has 0 aliphatic heterocycles. The number of hydrazine groups is 1. The monoisotopic (exact) mass is 295 g/mol. The van der Waals surface area contributed by atoms with E-state index >= 15 is 0 Å². The number of hydrogen-bond donors (Lipinski definition) is 3. The van der Waals surface area contributed by atoms with Crippen LogP contribution in [0.25, 0.3) is 0 Å². The van der Waals surface area contributed by atoms with E-state index < -0.39 is 0 Å². The molecule has 0 spiro atoms. The van der Waals surface area contributed by atoms with Crippen LogP contribution >= 0.6 is 0 Å². The zero-order chi connectivity index (χ0) is 15.9. The quantitative estimate of drug-likeness (QED) is 0.388. The second-order valence-corrected chi connectivity index (χ2v) is 6.41. The summed E-state index contributed by atoms with van der Waals surface area (Å²) in [6.45, 7) is 12.0. The van der Waals surface area contributed by atoms with Gasteiger partial charge in [-0.3, -0.25) is 0 Å². The second-order valence-electron chi connectivity index (χ2n) is 6.41. The number of hydrogen-bond acceptors (Lipinski definition) is 6. The molecule has 0 bridgehead atoms. The molecule has 1 rings (SSSR count). The summed E-state index contributed by atoms with van der Waals surface area (Å²) >= 11 is 0. The summed E-state index contributed by atoms with van der Waals surface area (Å²) in [7, 11) is 0. The largest absolute Gasteiger partial charge is 0.379 e. The lowest BCUT2D eigenvalue weighted by molar-refractivity contribution is 0.0765. The molecule has 0 unspecified atom stereocenters. The van der Waals surface area contributed by atoms with Crippen molar-refractivity contribution in [3.63, 3.8) is 0 Å². The van der Waals surface area contributed by atoms with Crippen LogP contribution in [-0.2, 0) is 10.2 Å². The average molecular weight is 295 g/mol. The van der Waals surface area contributed by atoms with Crippen molar-refractivity contribution in [3.05, 3.63) is 11.9 Å². The lowest BCUT2D eigenvalue weighted by Crippen LogP contribution is -2.20. The van der Waals surface area contributed by atoms with Gasteiger partial charge in [-0.15, -0.1) is 0 Å². The third-order valence-corrected chi connectivity index (χ3v) is 2.87. The molecule has 0 fully saturated rings. The lowest BCUT2D eigenvalue weighted by Gasteiger charge is -2.18. The van der Waals surface area contributed by atoms with Gasteiger partial charge in [-0.05, 0) is 26.7 Å². The molecule has 6 nitrogen and oxygen atoms in total. The summed E-state index contributed by atoms with van der Waals surface area (Å²) in [6, 6.07) is 1.82. The first-order valence-electron chi connectivity index (χ1n) is 7.54. The van der Waals surface area contributed by atoms with E-state index in [0.29, 0.717) is 11.9 Å². The molecule has 120 valence electrons. The fraction of sp³-hybridized carbons (Fsp3) is 0.733. The predicted octanol–water partition coefficient (Wildman–Crippen LogP) is 2.68. The third kappa shape index (κ3) is 6.73. The van der Waals surface area contributed by atoms with E-state index in [1.807, 2.05) is 6.07 Å². The molecule has 0 saturated heterocycles. The van der Waals surface area contributed by atoms with Gasteiger partial charge < -0.3 is 15.5 Å². The molecule has 4 N–H and O–H groups in total. The highest BCUT2D eigenvalue weighted by Gasteiger charge is 2.18. The molecule has 0 aliphatic carbocycles. The highest BCUT2D eigenvalue weighted by Crippen LogP contribution is 2.21. The Bertz CT molecular complexity index is 429. The summed E-state index contributed by atoms with van der Waals surface area (Å²) < 4.78 is 5.51. The number of nitrogen functional groups attached to an aromatic ring is 1. The molecule has 0 atom stereocenters. The number of nitrogens with zero attached hydrogens (tertiary/aromatic N) is 2. The van der Waals surface area contributed by atoms with Gasteiger partial charge in [-0.2, -0.15) is 0 Å². The van der Waals surface area contributed by atoms with E-state index in [2.05, 4.69) is 55.3 Å². The van der Waals surface area contributed by atoms with Crippen molar-refractivity contribution in [3.8, 4) is 0 Å². The van der Waals surface area contributed by atoms with Gasteiger partial charge >= 0.3 is 0 Å². The fourth-order valence-electron chi connectivity index (χ4n) is 1.71. The smallest absolute Gasteiger partial charge is 0.145 e. The van der Waals surface area contributed by atoms with Gasteiger partial charge in [-0.25, -0.2) is 15.8 Å². The summed E-state index contributed by atoms with van der Waals surface area (Å²) in [4.78, 5) is 8.94. The van der Waals surface area contributed by atoms with Gasteiger partial charge in [0.05, 0.1) is 6.10 Å². The Morgan fingerprint density at radius 3 is 2.43 bits per heavy atom. The molecule has 1 aromatic heterocycles. The zero-order valence-corrected chi connectivity index (χ0v) is 13.9. The van der Waals surface area contributed by atoms with Crippen LogP contribution in [0.1, 0.15) is 53.3 Å². The van der Waals surface area contributed by atoms with E-state index in [4.69, 9.17) is 10.6 Å². The Hall–Kier alpha value is -1.40. The second kappa shape index (κ2) is 8.14. The number of rotatable bonds is 8. The first kappa shape index (κ1) is 17.7. The van der Waals surface area contributed by atoms with Crippen molar-refractivity contribution in [2.75, 3.05) is 23.9 Å². The van der Waals surface area contributed by atoms with Crippen LogP contribution in [0.3, 0.4) is 0 Å². The Balaban J connectivity index is 2.51. The summed E-state index contributed by atoms with van der Waals surface area (Å²) in [5, 5.41) is 3.32. The summed E-state index contributed by atoms with van der Waals surface area (Å²) in [5.74, 6) is 7.66. The van der Waals surface area contributed by atoms with Gasteiger partial charge in [0.2, 0.25) is 0 Å². The molecule has 0 saturated carbocycles. The maximum Gasteiger partial charge on any atom is 0.145 e. The molecule has 1 aromatic rings. The Labute approximate surface area is 127 Å². The maximum absolute atomic E-state index is 5.51. The SMILES string of the molecule is CC(C)OCCCCNc1cc(NN)nc(C(C)(C)C)n1. The lowest BCUT2D eigenvalue weighted by atomic mass is 9.96. The molecule has 21 heavy (non-hydrogen) atoms. The van der Waals surface area contributed by atoms with Crippen LogP contribution in [0.15, 0.2) is 6.07 Å². The molecule has 0 amide bonds. The van der Waals surface area contributed by atoms with Gasteiger partial charge in [0.25, 0.3) is 0 Å². The number of nitrogens with two attached hydrogens (primary N) is 1. The number of anilines is 2. The van der Waals surface area contributed by atoms with Crippen LogP contribution < -0.4 is 16.6 Å². The first-order valence-corrected chi connectivity index (χ1v) is 7.54. The van der Waals surface area contributed by atoms with Crippen LogP contribution in [0.2, 0.25) is 0 Å². The van der Waals surface area contributed by atoms with Gasteiger partial charge in [0.1, 0.15) is 17.5 Å². The number of unbranched alkanes of at least 4 members (excludes halogenated alkanes) is 1. The number of aromatic nitrogens is 2. The van der Waals surface area contributed by atoms with Crippen molar-refractivity contribution in [2.45, 2.75) is 59.0 Å². The standard InChI is InChI=1S/C15H29N5O/c1-11(2)21-9-7-6-8-17-12-10-13(20-16)19-14(18-12)15(3,4)5/h10-11H,6-9,16H2,1-5H3,(H2,17,18,19,20). The third-order valence-electron chi connectivity index (χ3n) is 2.87. The van der Waals surface area contributed by atoms with Gasteiger partial charge in [0, 0.05) is 24.6 Å².